The van der Waals surface area contributed by atoms with E-state index in [9.17, 15) is 19.3 Å². The number of non-ortho nitro benzene ring substituents is 1. The van der Waals surface area contributed by atoms with Gasteiger partial charge >= 0.3 is 0 Å². The molecule has 0 unspecified atom stereocenters. The van der Waals surface area contributed by atoms with E-state index in [1.807, 2.05) is 0 Å². The van der Waals surface area contributed by atoms with E-state index in [1.54, 1.807) is 13.0 Å². The molecule has 0 aliphatic rings. The van der Waals surface area contributed by atoms with Gasteiger partial charge in [0.2, 0.25) is 0 Å². The van der Waals surface area contributed by atoms with Gasteiger partial charge in [0.15, 0.2) is 0 Å². The molecule has 0 saturated carbocycles. The van der Waals surface area contributed by atoms with Crippen LogP contribution in [-0.4, -0.2) is 10.8 Å². The van der Waals surface area contributed by atoms with E-state index >= 15 is 0 Å². The summed E-state index contributed by atoms with van der Waals surface area (Å²) in [6.07, 6.45) is 0. The molecule has 2 rings (SSSR count). The minimum absolute atomic E-state index is 0.0918. The monoisotopic (exact) mass is 352 g/mol. The van der Waals surface area contributed by atoms with Gasteiger partial charge in [0.1, 0.15) is 5.82 Å². The molecule has 0 bridgehead atoms. The van der Waals surface area contributed by atoms with Gasteiger partial charge in [-0.3, -0.25) is 14.9 Å². The highest BCUT2D eigenvalue weighted by Gasteiger charge is 2.15. The first-order valence-electron chi connectivity index (χ1n) is 5.90. The molecule has 21 heavy (non-hydrogen) atoms. The van der Waals surface area contributed by atoms with Crippen molar-refractivity contribution in [3.05, 3.63) is 67.9 Å². The number of nitrogens with zero attached hydrogens (tertiary/aromatic N) is 1. The molecule has 0 saturated heterocycles. The van der Waals surface area contributed by atoms with Crippen LogP contribution in [0.15, 0.2) is 40.9 Å². The van der Waals surface area contributed by atoms with Gasteiger partial charge in [0, 0.05) is 16.6 Å². The lowest BCUT2D eigenvalue weighted by molar-refractivity contribution is -0.384. The third kappa shape index (κ3) is 3.43. The van der Waals surface area contributed by atoms with Crippen molar-refractivity contribution in [2.45, 2.75) is 6.92 Å². The lowest BCUT2D eigenvalue weighted by Gasteiger charge is -2.08. The lowest BCUT2D eigenvalue weighted by Crippen LogP contribution is -2.14. The maximum atomic E-state index is 13.7. The molecule has 0 heterocycles. The standard InChI is InChI=1S/C14H10BrFN2O3/c1-8-2-4-10(12(16)6-8)14(19)17-13-5-3-9(18(20)21)7-11(13)15/h2-7H,1H3,(H,17,19). The number of nitro benzene ring substituents is 1. The number of benzene rings is 2. The van der Waals surface area contributed by atoms with E-state index in [0.29, 0.717) is 15.7 Å². The number of rotatable bonds is 3. The first kappa shape index (κ1) is 15.1. The Balaban J connectivity index is 2.25. The maximum absolute atomic E-state index is 13.7. The molecule has 2 aromatic rings. The van der Waals surface area contributed by atoms with E-state index in [1.165, 1.54) is 30.3 Å². The van der Waals surface area contributed by atoms with E-state index in [-0.39, 0.29) is 11.3 Å². The molecule has 0 radical (unpaired) electrons. The Labute approximate surface area is 128 Å². The van der Waals surface area contributed by atoms with Gasteiger partial charge in [-0.2, -0.15) is 0 Å². The fourth-order valence-corrected chi connectivity index (χ4v) is 2.18. The second-order valence-electron chi connectivity index (χ2n) is 4.36. The Morgan fingerprint density at radius 3 is 2.57 bits per heavy atom. The summed E-state index contributed by atoms with van der Waals surface area (Å²) in [7, 11) is 0. The maximum Gasteiger partial charge on any atom is 0.270 e. The number of carbonyl (C=O) groups excluding carboxylic acids is 1. The first-order chi connectivity index (χ1) is 9.88. The average Bonchev–Trinajstić information content (AvgIpc) is 2.40. The Morgan fingerprint density at radius 1 is 1.29 bits per heavy atom. The van der Waals surface area contributed by atoms with Crippen LogP contribution in [0.3, 0.4) is 0 Å². The zero-order valence-electron chi connectivity index (χ0n) is 10.9. The van der Waals surface area contributed by atoms with Gasteiger partial charge < -0.3 is 5.32 Å². The number of carbonyl (C=O) groups is 1. The zero-order chi connectivity index (χ0) is 15.6. The summed E-state index contributed by atoms with van der Waals surface area (Å²) in [5, 5.41) is 13.1. The molecule has 5 nitrogen and oxygen atoms in total. The SMILES string of the molecule is Cc1ccc(C(=O)Nc2ccc([N+](=O)[O-])cc2Br)c(F)c1. The Bertz CT molecular complexity index is 734. The number of nitro groups is 1. The number of nitrogens with one attached hydrogen (secondary N) is 1. The van der Waals surface area contributed by atoms with E-state index in [4.69, 9.17) is 0 Å². The van der Waals surface area contributed by atoms with Gasteiger partial charge in [0.25, 0.3) is 11.6 Å². The normalized spacial score (nSPS) is 10.2. The third-order valence-electron chi connectivity index (χ3n) is 2.78. The molecular weight excluding hydrogens is 343 g/mol. The van der Waals surface area contributed by atoms with E-state index in [0.717, 1.165) is 0 Å². The summed E-state index contributed by atoms with van der Waals surface area (Å²) in [6.45, 7) is 1.72. The topological polar surface area (TPSA) is 72.2 Å². The highest BCUT2D eigenvalue weighted by molar-refractivity contribution is 9.10. The number of hydrogen-bond donors (Lipinski definition) is 1. The molecule has 108 valence electrons. The van der Waals surface area contributed by atoms with Crippen molar-refractivity contribution in [1.82, 2.24) is 0 Å². The molecule has 0 spiro atoms. The summed E-state index contributed by atoms with van der Waals surface area (Å²) in [5.74, 6) is -1.24. The quantitative estimate of drug-likeness (QED) is 0.668. The van der Waals surface area contributed by atoms with Crippen molar-refractivity contribution in [3.63, 3.8) is 0 Å². The number of halogens is 2. The predicted octanol–water partition coefficient (Wildman–Crippen LogP) is 4.06. The van der Waals surface area contributed by atoms with Gasteiger partial charge in [-0.1, -0.05) is 6.07 Å². The predicted molar refractivity (Wildman–Crippen MR) is 79.9 cm³/mol. The third-order valence-corrected chi connectivity index (χ3v) is 3.44. The second kappa shape index (κ2) is 6.01. The van der Waals surface area contributed by atoms with Gasteiger partial charge in [0.05, 0.1) is 16.2 Å². The summed E-state index contributed by atoms with van der Waals surface area (Å²) in [6, 6.07) is 8.18. The number of hydrogen-bond acceptors (Lipinski definition) is 3. The largest absolute Gasteiger partial charge is 0.321 e. The minimum atomic E-state index is -0.623. The number of amides is 1. The van der Waals surface area contributed by atoms with Crippen LogP contribution in [0.5, 0.6) is 0 Å². The molecule has 0 fully saturated rings. The fraction of sp³-hybridized carbons (Fsp3) is 0.0714. The molecule has 0 aliphatic heterocycles. The highest BCUT2D eigenvalue weighted by atomic mass is 79.9. The smallest absolute Gasteiger partial charge is 0.270 e. The molecule has 1 amide bonds. The molecule has 7 heteroatoms. The van der Waals surface area contributed by atoms with Crippen molar-refractivity contribution in [2.24, 2.45) is 0 Å². The second-order valence-corrected chi connectivity index (χ2v) is 5.21. The van der Waals surface area contributed by atoms with Crippen molar-refractivity contribution in [3.8, 4) is 0 Å². The minimum Gasteiger partial charge on any atom is -0.321 e. The highest BCUT2D eigenvalue weighted by Crippen LogP contribution is 2.27. The summed E-state index contributed by atoms with van der Waals surface area (Å²) < 4.78 is 14.1. The van der Waals surface area contributed by atoms with Gasteiger partial charge in [-0.15, -0.1) is 0 Å². The van der Waals surface area contributed by atoms with Crippen LogP contribution in [0, 0.1) is 22.9 Å². The molecule has 0 atom stereocenters. The van der Waals surface area contributed by atoms with Crippen LogP contribution in [0.1, 0.15) is 15.9 Å². The van der Waals surface area contributed by atoms with Crippen LogP contribution in [0.25, 0.3) is 0 Å². The van der Waals surface area contributed by atoms with Crippen molar-refractivity contribution < 1.29 is 14.1 Å². The molecular formula is C14H10BrFN2O3. The summed E-state index contributed by atoms with van der Waals surface area (Å²) in [4.78, 5) is 22.1. The van der Waals surface area contributed by atoms with Crippen molar-refractivity contribution in [2.75, 3.05) is 5.32 Å². The molecule has 0 aromatic heterocycles. The Morgan fingerprint density at radius 2 is 2.00 bits per heavy atom. The van der Waals surface area contributed by atoms with E-state index in [2.05, 4.69) is 21.2 Å². The number of aryl methyl sites for hydroxylation is 1. The van der Waals surface area contributed by atoms with Gasteiger partial charge in [-0.25, -0.2) is 4.39 Å². The van der Waals surface area contributed by atoms with Crippen LogP contribution in [0.2, 0.25) is 0 Å². The summed E-state index contributed by atoms with van der Waals surface area (Å²) in [5.41, 5.74) is 0.832. The van der Waals surface area contributed by atoms with Crippen LogP contribution < -0.4 is 5.32 Å². The molecule has 0 aliphatic carbocycles. The Kier molecular flexibility index (Phi) is 4.32. The van der Waals surface area contributed by atoms with Crippen molar-refractivity contribution in [1.29, 1.82) is 0 Å². The van der Waals surface area contributed by atoms with E-state index < -0.39 is 16.6 Å². The van der Waals surface area contributed by atoms with Crippen molar-refractivity contribution >= 4 is 33.2 Å². The number of anilines is 1. The molecule has 1 N–H and O–H groups in total. The lowest BCUT2D eigenvalue weighted by atomic mass is 10.1. The zero-order valence-corrected chi connectivity index (χ0v) is 12.5. The van der Waals surface area contributed by atoms with Crippen LogP contribution in [0.4, 0.5) is 15.8 Å². The average molecular weight is 353 g/mol. The Hall–Kier alpha value is -2.28. The summed E-state index contributed by atoms with van der Waals surface area (Å²) >= 11 is 3.13. The van der Waals surface area contributed by atoms with Gasteiger partial charge in [-0.05, 0) is 46.6 Å². The van der Waals surface area contributed by atoms with Crippen LogP contribution in [-0.2, 0) is 0 Å². The fourth-order valence-electron chi connectivity index (χ4n) is 1.71. The molecule has 2 aromatic carbocycles. The first-order valence-corrected chi connectivity index (χ1v) is 6.69. The van der Waals surface area contributed by atoms with Crippen LogP contribution >= 0.6 is 15.9 Å².